The first-order chi connectivity index (χ1) is 9.15. The lowest BCUT2D eigenvalue weighted by atomic mass is 9.96. The third-order valence-corrected chi connectivity index (χ3v) is 3.80. The molecular formula is C16H27N3. The predicted octanol–water partition coefficient (Wildman–Crippen LogP) is 2.85. The molecule has 0 bridgehead atoms. The minimum atomic E-state index is 0.747. The van der Waals surface area contributed by atoms with Crippen molar-refractivity contribution in [3.05, 3.63) is 23.9 Å². The van der Waals surface area contributed by atoms with E-state index in [0.29, 0.717) is 0 Å². The van der Waals surface area contributed by atoms with E-state index in [9.17, 15) is 0 Å². The van der Waals surface area contributed by atoms with Crippen LogP contribution in [-0.4, -0.2) is 31.2 Å². The normalized spacial score (nSPS) is 17.2. The molecule has 1 saturated heterocycles. The summed E-state index contributed by atoms with van der Waals surface area (Å²) in [5, 5.41) is 3.58. The van der Waals surface area contributed by atoms with Crippen molar-refractivity contribution in [1.29, 1.82) is 0 Å². The molecule has 19 heavy (non-hydrogen) atoms. The smallest absolute Gasteiger partial charge is 0.128 e. The Morgan fingerprint density at radius 3 is 2.68 bits per heavy atom. The molecule has 1 aliphatic rings. The first-order valence-electron chi connectivity index (χ1n) is 7.54. The molecule has 0 spiro atoms. The molecule has 0 radical (unpaired) electrons. The Kier molecular flexibility index (Phi) is 5.20. The van der Waals surface area contributed by atoms with E-state index in [1.807, 2.05) is 0 Å². The standard InChI is InChI=1S/C16H27N3/c1-13(2)11-17-12-15-7-9-19(10-8-15)16-6-4-5-14(3)18-16/h4-6,13,15,17H,7-12H2,1-3H3. The molecule has 2 rings (SSSR count). The van der Waals surface area contributed by atoms with E-state index in [-0.39, 0.29) is 0 Å². The largest absolute Gasteiger partial charge is 0.357 e. The number of aryl methyl sites for hydroxylation is 1. The minimum absolute atomic E-state index is 0.747. The molecule has 3 heteroatoms. The van der Waals surface area contributed by atoms with Crippen LogP contribution in [0.3, 0.4) is 0 Å². The van der Waals surface area contributed by atoms with Crippen molar-refractivity contribution >= 4 is 5.82 Å². The fraction of sp³-hybridized carbons (Fsp3) is 0.688. The van der Waals surface area contributed by atoms with Gasteiger partial charge in [-0.05, 0) is 56.8 Å². The third kappa shape index (κ3) is 4.50. The van der Waals surface area contributed by atoms with Crippen LogP contribution < -0.4 is 10.2 Å². The Labute approximate surface area is 117 Å². The predicted molar refractivity (Wildman–Crippen MR) is 81.6 cm³/mol. The first kappa shape index (κ1) is 14.3. The van der Waals surface area contributed by atoms with Gasteiger partial charge in [0.1, 0.15) is 5.82 Å². The number of nitrogens with zero attached hydrogens (tertiary/aromatic N) is 2. The lowest BCUT2D eigenvalue weighted by molar-refractivity contribution is 0.373. The number of pyridine rings is 1. The second-order valence-electron chi connectivity index (χ2n) is 6.12. The summed E-state index contributed by atoms with van der Waals surface area (Å²) < 4.78 is 0. The van der Waals surface area contributed by atoms with Crippen LogP contribution in [0.4, 0.5) is 5.82 Å². The highest BCUT2D eigenvalue weighted by Crippen LogP contribution is 2.21. The highest BCUT2D eigenvalue weighted by molar-refractivity contribution is 5.39. The molecular weight excluding hydrogens is 234 g/mol. The number of anilines is 1. The van der Waals surface area contributed by atoms with Gasteiger partial charge in [-0.1, -0.05) is 19.9 Å². The average molecular weight is 261 g/mol. The molecule has 0 amide bonds. The molecule has 3 nitrogen and oxygen atoms in total. The van der Waals surface area contributed by atoms with Gasteiger partial charge in [0.25, 0.3) is 0 Å². The molecule has 0 unspecified atom stereocenters. The third-order valence-electron chi connectivity index (χ3n) is 3.80. The van der Waals surface area contributed by atoms with Gasteiger partial charge in [-0.25, -0.2) is 4.98 Å². The van der Waals surface area contributed by atoms with E-state index < -0.39 is 0 Å². The van der Waals surface area contributed by atoms with Crippen LogP contribution in [0.2, 0.25) is 0 Å². The van der Waals surface area contributed by atoms with E-state index in [1.54, 1.807) is 0 Å². The zero-order chi connectivity index (χ0) is 13.7. The van der Waals surface area contributed by atoms with Gasteiger partial charge >= 0.3 is 0 Å². The van der Waals surface area contributed by atoms with E-state index >= 15 is 0 Å². The fourth-order valence-corrected chi connectivity index (χ4v) is 2.65. The highest BCUT2D eigenvalue weighted by atomic mass is 15.2. The van der Waals surface area contributed by atoms with E-state index in [4.69, 9.17) is 0 Å². The number of piperidine rings is 1. The molecule has 2 heterocycles. The quantitative estimate of drug-likeness (QED) is 0.883. The van der Waals surface area contributed by atoms with Crippen LogP contribution in [0.5, 0.6) is 0 Å². The van der Waals surface area contributed by atoms with Crippen molar-refractivity contribution in [2.24, 2.45) is 11.8 Å². The van der Waals surface area contributed by atoms with Crippen LogP contribution >= 0.6 is 0 Å². The number of rotatable bonds is 5. The van der Waals surface area contributed by atoms with Crippen molar-refractivity contribution in [1.82, 2.24) is 10.3 Å². The van der Waals surface area contributed by atoms with Crippen LogP contribution in [0.15, 0.2) is 18.2 Å². The summed E-state index contributed by atoms with van der Waals surface area (Å²) in [5.74, 6) is 2.73. The van der Waals surface area contributed by atoms with Crippen molar-refractivity contribution in [3.63, 3.8) is 0 Å². The molecule has 0 aliphatic carbocycles. The van der Waals surface area contributed by atoms with Gasteiger partial charge in [0.2, 0.25) is 0 Å². The van der Waals surface area contributed by atoms with Gasteiger partial charge in [-0.15, -0.1) is 0 Å². The Bertz CT molecular complexity index is 381. The molecule has 1 aromatic rings. The Hall–Kier alpha value is -1.09. The maximum absolute atomic E-state index is 4.62. The summed E-state index contributed by atoms with van der Waals surface area (Å²) in [4.78, 5) is 7.04. The Balaban J connectivity index is 1.76. The first-order valence-corrected chi connectivity index (χ1v) is 7.54. The lowest BCUT2D eigenvalue weighted by Gasteiger charge is -2.33. The van der Waals surface area contributed by atoms with Gasteiger partial charge in [0, 0.05) is 18.8 Å². The molecule has 1 N–H and O–H groups in total. The zero-order valence-electron chi connectivity index (χ0n) is 12.5. The molecule has 0 aromatic carbocycles. The summed E-state index contributed by atoms with van der Waals surface area (Å²) in [7, 11) is 0. The Morgan fingerprint density at radius 1 is 1.32 bits per heavy atom. The SMILES string of the molecule is Cc1cccc(N2CCC(CNCC(C)C)CC2)n1. The summed E-state index contributed by atoms with van der Waals surface area (Å²) in [6, 6.07) is 6.30. The molecule has 0 atom stereocenters. The highest BCUT2D eigenvalue weighted by Gasteiger charge is 2.19. The van der Waals surface area contributed by atoms with Crippen molar-refractivity contribution in [2.75, 3.05) is 31.1 Å². The second-order valence-corrected chi connectivity index (χ2v) is 6.12. The number of aromatic nitrogens is 1. The maximum Gasteiger partial charge on any atom is 0.128 e. The Morgan fingerprint density at radius 2 is 2.05 bits per heavy atom. The number of nitrogens with one attached hydrogen (secondary N) is 1. The van der Waals surface area contributed by atoms with Gasteiger partial charge in [-0.2, -0.15) is 0 Å². The monoisotopic (exact) mass is 261 g/mol. The van der Waals surface area contributed by atoms with E-state index in [2.05, 4.69) is 54.2 Å². The molecule has 1 fully saturated rings. The van der Waals surface area contributed by atoms with Crippen LogP contribution in [-0.2, 0) is 0 Å². The number of hydrogen-bond acceptors (Lipinski definition) is 3. The summed E-state index contributed by atoms with van der Waals surface area (Å²) in [5.41, 5.74) is 1.11. The van der Waals surface area contributed by atoms with Crippen molar-refractivity contribution < 1.29 is 0 Å². The van der Waals surface area contributed by atoms with Gasteiger partial charge in [0.15, 0.2) is 0 Å². The molecule has 1 aromatic heterocycles. The van der Waals surface area contributed by atoms with Gasteiger partial charge < -0.3 is 10.2 Å². The molecule has 0 saturated carbocycles. The second kappa shape index (κ2) is 6.90. The number of hydrogen-bond donors (Lipinski definition) is 1. The summed E-state index contributed by atoms with van der Waals surface area (Å²) >= 11 is 0. The topological polar surface area (TPSA) is 28.2 Å². The van der Waals surface area contributed by atoms with E-state index in [1.165, 1.54) is 19.4 Å². The average Bonchev–Trinajstić information content (AvgIpc) is 2.39. The van der Waals surface area contributed by atoms with E-state index in [0.717, 1.165) is 43.0 Å². The van der Waals surface area contributed by atoms with Gasteiger partial charge in [-0.3, -0.25) is 0 Å². The van der Waals surface area contributed by atoms with Crippen LogP contribution in [0.1, 0.15) is 32.4 Å². The maximum atomic E-state index is 4.62. The fourth-order valence-electron chi connectivity index (χ4n) is 2.65. The molecule has 1 aliphatic heterocycles. The lowest BCUT2D eigenvalue weighted by Crippen LogP contribution is -2.38. The van der Waals surface area contributed by atoms with Crippen LogP contribution in [0, 0.1) is 18.8 Å². The minimum Gasteiger partial charge on any atom is -0.357 e. The van der Waals surface area contributed by atoms with Crippen molar-refractivity contribution in [3.8, 4) is 0 Å². The molecule has 106 valence electrons. The zero-order valence-corrected chi connectivity index (χ0v) is 12.5. The van der Waals surface area contributed by atoms with Crippen LogP contribution in [0.25, 0.3) is 0 Å². The van der Waals surface area contributed by atoms with Gasteiger partial charge in [0.05, 0.1) is 0 Å². The summed E-state index contributed by atoms with van der Waals surface area (Å²) in [6.45, 7) is 11.2. The van der Waals surface area contributed by atoms with Crippen molar-refractivity contribution in [2.45, 2.75) is 33.6 Å². The summed E-state index contributed by atoms with van der Waals surface area (Å²) in [6.07, 6.45) is 2.56.